The van der Waals surface area contributed by atoms with Crippen molar-refractivity contribution in [1.82, 2.24) is 0 Å². The lowest BCUT2D eigenvalue weighted by molar-refractivity contribution is 0.166. The Bertz CT molecular complexity index is 1160. The van der Waals surface area contributed by atoms with E-state index >= 15 is 0 Å². The fourth-order valence-electron chi connectivity index (χ4n) is 9.40. The number of fused-ring (bicyclic) bond motifs is 3. The lowest BCUT2D eigenvalue weighted by Crippen LogP contribution is -2.44. The maximum absolute atomic E-state index is 2.65. The molecule has 2 nitrogen and oxygen atoms in total. The van der Waals surface area contributed by atoms with Gasteiger partial charge in [0.2, 0.25) is 0 Å². The standard InChI is InChI=1S/C31H38N2/c1-30-6-8-31(2,9-7-30)27-15-23(4-5-26(27)30)33-18-32(3)28-16-24-21-11-19-10-20(12-21)14-22(13-19)25(24)17-29(28)33/h4-5,15-17,19-22H,6-14,18H2,1-3H3. The van der Waals surface area contributed by atoms with Crippen LogP contribution in [-0.4, -0.2) is 13.7 Å². The van der Waals surface area contributed by atoms with E-state index in [-0.39, 0.29) is 0 Å². The van der Waals surface area contributed by atoms with Gasteiger partial charge in [0.25, 0.3) is 0 Å². The monoisotopic (exact) mass is 438 g/mol. The largest absolute Gasteiger partial charge is 0.355 e. The fourth-order valence-corrected chi connectivity index (χ4v) is 9.40. The minimum atomic E-state index is 0.378. The Balaban J connectivity index is 1.25. The van der Waals surface area contributed by atoms with Crippen LogP contribution in [-0.2, 0) is 10.8 Å². The van der Waals surface area contributed by atoms with Crippen molar-refractivity contribution < 1.29 is 0 Å². The topological polar surface area (TPSA) is 6.48 Å². The van der Waals surface area contributed by atoms with Gasteiger partial charge in [0.05, 0.1) is 18.0 Å². The van der Waals surface area contributed by atoms with E-state index in [1.54, 1.807) is 22.3 Å². The molecule has 2 unspecified atom stereocenters. The molecule has 1 heterocycles. The van der Waals surface area contributed by atoms with E-state index in [4.69, 9.17) is 0 Å². The molecule has 8 aliphatic rings. The van der Waals surface area contributed by atoms with Gasteiger partial charge in [-0.2, -0.15) is 0 Å². The van der Waals surface area contributed by atoms with E-state index in [0.717, 1.165) is 30.3 Å². The second-order valence-electron chi connectivity index (χ2n) is 13.4. The van der Waals surface area contributed by atoms with Crippen LogP contribution in [0.25, 0.3) is 0 Å². The summed E-state index contributed by atoms with van der Waals surface area (Å²) < 4.78 is 0. The second kappa shape index (κ2) is 6.18. The van der Waals surface area contributed by atoms with E-state index in [2.05, 4.69) is 61.0 Å². The summed E-state index contributed by atoms with van der Waals surface area (Å²) in [5.41, 5.74) is 11.9. The first-order valence-corrected chi connectivity index (χ1v) is 13.7. The van der Waals surface area contributed by atoms with Gasteiger partial charge < -0.3 is 9.80 Å². The Morgan fingerprint density at radius 3 is 1.91 bits per heavy atom. The predicted molar refractivity (Wildman–Crippen MR) is 137 cm³/mol. The highest BCUT2D eigenvalue weighted by Gasteiger charge is 2.48. The highest BCUT2D eigenvalue weighted by molar-refractivity contribution is 5.84. The van der Waals surface area contributed by atoms with E-state index in [1.807, 2.05) is 0 Å². The van der Waals surface area contributed by atoms with Crippen LogP contribution < -0.4 is 9.80 Å². The zero-order valence-electron chi connectivity index (χ0n) is 20.7. The molecule has 7 aliphatic carbocycles. The fraction of sp³-hybridized carbons (Fsp3) is 0.613. The molecule has 0 amide bonds. The molecule has 172 valence electrons. The molecule has 2 aromatic carbocycles. The minimum Gasteiger partial charge on any atom is -0.355 e. The number of hydrogen-bond donors (Lipinski definition) is 0. The number of nitrogens with zero attached hydrogens (tertiary/aromatic N) is 2. The van der Waals surface area contributed by atoms with Gasteiger partial charge in [-0.1, -0.05) is 19.9 Å². The maximum atomic E-state index is 2.65. The predicted octanol–water partition coefficient (Wildman–Crippen LogP) is 7.73. The zero-order chi connectivity index (χ0) is 22.1. The molecule has 0 radical (unpaired) electrons. The summed E-state index contributed by atoms with van der Waals surface area (Å²) in [5, 5.41) is 0. The van der Waals surface area contributed by atoms with Crippen molar-refractivity contribution in [3.8, 4) is 0 Å². The van der Waals surface area contributed by atoms with E-state index in [1.165, 1.54) is 74.8 Å². The summed E-state index contributed by atoms with van der Waals surface area (Å²) in [6, 6.07) is 12.8. The third-order valence-corrected chi connectivity index (χ3v) is 11.3. The molecule has 3 fully saturated rings. The minimum absolute atomic E-state index is 0.378. The van der Waals surface area contributed by atoms with Gasteiger partial charge in [-0.25, -0.2) is 0 Å². The van der Waals surface area contributed by atoms with Gasteiger partial charge in [0.15, 0.2) is 0 Å². The first-order valence-electron chi connectivity index (χ1n) is 13.7. The van der Waals surface area contributed by atoms with Crippen LogP contribution in [0, 0.1) is 11.8 Å². The zero-order valence-corrected chi connectivity index (χ0v) is 20.7. The molecule has 10 rings (SSSR count). The molecule has 1 aliphatic heterocycles. The van der Waals surface area contributed by atoms with Crippen molar-refractivity contribution in [3.63, 3.8) is 0 Å². The number of benzene rings is 2. The summed E-state index contributed by atoms with van der Waals surface area (Å²) in [7, 11) is 2.30. The lowest BCUT2D eigenvalue weighted by Gasteiger charge is -2.52. The van der Waals surface area contributed by atoms with Gasteiger partial charge in [-0.15, -0.1) is 0 Å². The van der Waals surface area contributed by atoms with Crippen molar-refractivity contribution in [2.24, 2.45) is 11.8 Å². The van der Waals surface area contributed by atoms with Crippen molar-refractivity contribution in [2.75, 3.05) is 23.5 Å². The Morgan fingerprint density at radius 2 is 1.27 bits per heavy atom. The number of anilines is 3. The van der Waals surface area contributed by atoms with Gasteiger partial charge in [0, 0.05) is 12.7 Å². The van der Waals surface area contributed by atoms with Gasteiger partial charge in [-0.3, -0.25) is 0 Å². The summed E-state index contributed by atoms with van der Waals surface area (Å²) in [4.78, 5) is 5.12. The third-order valence-electron chi connectivity index (χ3n) is 11.3. The number of rotatable bonds is 1. The SMILES string of the molecule is CN1CN(c2ccc3c(c2)C2(C)CCC3(C)CC2)c2cc3c(cc21)C1CC2CC(C1)CC3C2. The van der Waals surface area contributed by atoms with Crippen molar-refractivity contribution in [2.45, 2.75) is 94.3 Å². The Morgan fingerprint density at radius 1 is 0.697 bits per heavy atom. The van der Waals surface area contributed by atoms with E-state index in [0.29, 0.717) is 10.8 Å². The molecular weight excluding hydrogens is 400 g/mol. The van der Waals surface area contributed by atoms with Crippen LogP contribution in [0.2, 0.25) is 0 Å². The summed E-state index contributed by atoms with van der Waals surface area (Å²) >= 11 is 0. The molecule has 6 bridgehead atoms. The third kappa shape index (κ3) is 2.51. The first kappa shape index (κ1) is 19.4. The molecule has 2 aromatic rings. The van der Waals surface area contributed by atoms with Crippen LogP contribution in [0.4, 0.5) is 17.1 Å². The highest BCUT2D eigenvalue weighted by atomic mass is 15.4. The van der Waals surface area contributed by atoms with E-state index < -0.39 is 0 Å². The summed E-state index contributed by atoms with van der Waals surface area (Å²) in [5.74, 6) is 3.61. The molecule has 2 heteroatoms. The summed E-state index contributed by atoms with van der Waals surface area (Å²) in [6.07, 6.45) is 12.8. The quantitative estimate of drug-likeness (QED) is 0.449. The Hall–Kier alpha value is -1.96. The lowest BCUT2D eigenvalue weighted by atomic mass is 9.52. The van der Waals surface area contributed by atoms with Gasteiger partial charge in [-0.05, 0) is 139 Å². The van der Waals surface area contributed by atoms with Crippen molar-refractivity contribution in [1.29, 1.82) is 0 Å². The average molecular weight is 439 g/mol. The van der Waals surface area contributed by atoms with Crippen LogP contribution in [0.5, 0.6) is 0 Å². The maximum Gasteiger partial charge on any atom is 0.0950 e. The molecule has 33 heavy (non-hydrogen) atoms. The van der Waals surface area contributed by atoms with Gasteiger partial charge >= 0.3 is 0 Å². The van der Waals surface area contributed by atoms with Gasteiger partial charge in [0.1, 0.15) is 0 Å². The normalized spacial score (nSPS) is 39.5. The molecule has 2 atom stereocenters. The van der Waals surface area contributed by atoms with Crippen LogP contribution in [0.1, 0.15) is 106 Å². The van der Waals surface area contributed by atoms with Crippen molar-refractivity contribution in [3.05, 3.63) is 52.6 Å². The summed E-state index contributed by atoms with van der Waals surface area (Å²) in [6.45, 7) is 6.02. The Labute approximate surface area is 199 Å². The van der Waals surface area contributed by atoms with Crippen molar-refractivity contribution >= 4 is 17.1 Å². The molecule has 0 saturated heterocycles. The van der Waals surface area contributed by atoms with Crippen LogP contribution in [0.3, 0.4) is 0 Å². The molecular formula is C31H38N2. The molecule has 0 spiro atoms. The van der Waals surface area contributed by atoms with E-state index in [9.17, 15) is 0 Å². The first-order chi connectivity index (χ1) is 15.9. The molecule has 0 N–H and O–H groups in total. The van der Waals surface area contributed by atoms with Crippen LogP contribution >= 0.6 is 0 Å². The second-order valence-corrected chi connectivity index (χ2v) is 13.4. The molecule has 3 saturated carbocycles. The average Bonchev–Trinajstić information content (AvgIpc) is 3.05. The van der Waals surface area contributed by atoms with Crippen LogP contribution in [0.15, 0.2) is 30.3 Å². The Kier molecular flexibility index (Phi) is 3.62. The smallest absolute Gasteiger partial charge is 0.0950 e. The number of hydrogen-bond acceptors (Lipinski definition) is 2. The highest BCUT2D eigenvalue weighted by Crippen LogP contribution is 2.59. The molecule has 0 aromatic heterocycles.